The van der Waals surface area contributed by atoms with Crippen LogP contribution in [-0.2, 0) is 16.1 Å². The van der Waals surface area contributed by atoms with Gasteiger partial charge < -0.3 is 19.5 Å². The smallest absolute Gasteiger partial charge is 0.355 e. The molecule has 2 heterocycles. The van der Waals surface area contributed by atoms with E-state index in [0.29, 0.717) is 11.3 Å². The van der Waals surface area contributed by atoms with E-state index >= 15 is 0 Å². The summed E-state index contributed by atoms with van der Waals surface area (Å²) in [5.41, 5.74) is 0.498. The van der Waals surface area contributed by atoms with Gasteiger partial charge >= 0.3 is 5.97 Å². The van der Waals surface area contributed by atoms with E-state index in [1.807, 2.05) is 0 Å². The Hall–Kier alpha value is -2.83. The van der Waals surface area contributed by atoms with Gasteiger partial charge in [-0.25, -0.2) is 4.79 Å². The van der Waals surface area contributed by atoms with E-state index in [1.54, 1.807) is 12.1 Å². The Balaban J connectivity index is 1.86. The first-order valence-electron chi connectivity index (χ1n) is 6.68. The molecular formula is C15H16N2O5. The van der Waals surface area contributed by atoms with Crippen LogP contribution in [0.3, 0.4) is 0 Å². The van der Waals surface area contributed by atoms with Gasteiger partial charge in [0.05, 0.1) is 12.8 Å². The molecule has 0 radical (unpaired) electrons. The highest BCUT2D eigenvalue weighted by molar-refractivity contribution is 5.98. The molecule has 0 aromatic carbocycles. The Labute approximate surface area is 126 Å². The van der Waals surface area contributed by atoms with Crippen LogP contribution in [0, 0.1) is 0 Å². The first-order valence-corrected chi connectivity index (χ1v) is 6.68. The van der Waals surface area contributed by atoms with E-state index in [2.05, 4.69) is 10.3 Å². The molecule has 0 aliphatic rings. The molecular weight excluding hydrogens is 288 g/mol. The Morgan fingerprint density at radius 3 is 2.77 bits per heavy atom. The van der Waals surface area contributed by atoms with Crippen molar-refractivity contribution >= 4 is 17.7 Å². The minimum Gasteiger partial charge on any atom is -0.467 e. The fraction of sp³-hybridized carbons (Fsp3) is 0.267. The molecule has 0 bridgehead atoms. The molecule has 0 saturated carbocycles. The van der Waals surface area contributed by atoms with Gasteiger partial charge in [0.15, 0.2) is 11.9 Å². The summed E-state index contributed by atoms with van der Waals surface area (Å²) in [5.74, 6) is -0.710. The Morgan fingerprint density at radius 2 is 2.18 bits per heavy atom. The highest BCUT2D eigenvalue weighted by Gasteiger charge is 2.20. The highest BCUT2D eigenvalue weighted by atomic mass is 16.5. The zero-order valence-corrected chi connectivity index (χ0v) is 12.2. The van der Waals surface area contributed by atoms with Crippen LogP contribution in [0.1, 0.15) is 40.5 Å². The van der Waals surface area contributed by atoms with Crippen LogP contribution in [0.15, 0.2) is 35.1 Å². The van der Waals surface area contributed by atoms with Crippen molar-refractivity contribution in [1.82, 2.24) is 10.3 Å². The number of ketones is 1. The number of carbonyl (C=O) groups is 3. The average Bonchev–Trinajstić information content (AvgIpc) is 3.15. The number of aromatic nitrogens is 1. The van der Waals surface area contributed by atoms with Crippen molar-refractivity contribution in [3.63, 3.8) is 0 Å². The van der Waals surface area contributed by atoms with Crippen molar-refractivity contribution in [3.05, 3.63) is 47.7 Å². The van der Waals surface area contributed by atoms with Gasteiger partial charge in [-0.05, 0) is 32.0 Å². The molecule has 0 aliphatic carbocycles. The van der Waals surface area contributed by atoms with E-state index in [9.17, 15) is 14.4 Å². The fourth-order valence-electron chi connectivity index (χ4n) is 1.72. The Morgan fingerprint density at radius 1 is 1.41 bits per heavy atom. The third-order valence-electron chi connectivity index (χ3n) is 2.98. The number of aromatic amines is 1. The molecule has 0 fully saturated rings. The molecule has 1 unspecified atom stereocenters. The minimum atomic E-state index is -0.966. The van der Waals surface area contributed by atoms with Crippen molar-refractivity contribution in [3.8, 4) is 0 Å². The number of nitrogens with one attached hydrogen (secondary N) is 2. The molecule has 116 valence electrons. The first kappa shape index (κ1) is 15.6. The quantitative estimate of drug-likeness (QED) is 0.624. The number of amides is 1. The number of hydrogen-bond donors (Lipinski definition) is 2. The molecule has 1 amide bonds. The van der Waals surface area contributed by atoms with E-state index in [1.165, 1.54) is 32.4 Å². The number of furan rings is 1. The molecule has 2 rings (SSSR count). The van der Waals surface area contributed by atoms with E-state index < -0.39 is 18.0 Å². The van der Waals surface area contributed by atoms with Gasteiger partial charge in [-0.1, -0.05) is 0 Å². The van der Waals surface area contributed by atoms with Crippen molar-refractivity contribution < 1.29 is 23.5 Å². The summed E-state index contributed by atoms with van der Waals surface area (Å²) in [6.07, 6.45) is 1.95. The van der Waals surface area contributed by atoms with Crippen LogP contribution in [0.2, 0.25) is 0 Å². The molecule has 0 aliphatic heterocycles. The van der Waals surface area contributed by atoms with Gasteiger partial charge in [-0.3, -0.25) is 9.59 Å². The van der Waals surface area contributed by atoms with Crippen LogP contribution >= 0.6 is 0 Å². The molecule has 2 N–H and O–H groups in total. The summed E-state index contributed by atoms with van der Waals surface area (Å²) in [5, 5.41) is 2.59. The van der Waals surface area contributed by atoms with E-state index in [4.69, 9.17) is 9.15 Å². The standard InChI is InChI=1S/C15H16N2O5/c1-9(18)11-6-13(16-7-11)15(20)22-10(2)14(19)17-8-12-4-3-5-21-12/h3-7,10,16H,8H2,1-2H3,(H,17,19). The second kappa shape index (κ2) is 6.75. The normalized spacial score (nSPS) is 11.7. The highest BCUT2D eigenvalue weighted by Crippen LogP contribution is 2.07. The molecule has 1 atom stereocenters. The molecule has 0 spiro atoms. The maximum atomic E-state index is 11.9. The molecule has 2 aromatic heterocycles. The largest absolute Gasteiger partial charge is 0.467 e. The van der Waals surface area contributed by atoms with Crippen LogP contribution in [0.4, 0.5) is 0 Å². The lowest BCUT2D eigenvalue weighted by molar-refractivity contribution is -0.129. The van der Waals surface area contributed by atoms with Gasteiger partial charge in [0.2, 0.25) is 0 Å². The average molecular weight is 304 g/mol. The SMILES string of the molecule is CC(=O)c1c[nH]c(C(=O)OC(C)C(=O)NCc2ccco2)c1. The van der Waals surface area contributed by atoms with E-state index in [0.717, 1.165) is 0 Å². The second-order valence-electron chi connectivity index (χ2n) is 4.70. The lowest BCUT2D eigenvalue weighted by Crippen LogP contribution is -2.35. The summed E-state index contributed by atoms with van der Waals surface area (Å²) < 4.78 is 10.1. The topological polar surface area (TPSA) is 101 Å². The monoisotopic (exact) mass is 304 g/mol. The number of carbonyl (C=O) groups excluding carboxylic acids is 3. The first-order chi connectivity index (χ1) is 10.5. The molecule has 0 saturated heterocycles. The third-order valence-corrected chi connectivity index (χ3v) is 2.98. The molecule has 7 heteroatoms. The second-order valence-corrected chi connectivity index (χ2v) is 4.70. The summed E-state index contributed by atoms with van der Waals surface area (Å²) >= 11 is 0. The predicted molar refractivity (Wildman–Crippen MR) is 76.2 cm³/mol. The zero-order chi connectivity index (χ0) is 16.1. The molecule has 2 aromatic rings. The predicted octanol–water partition coefficient (Wildman–Crippen LogP) is 1.67. The summed E-state index contributed by atoms with van der Waals surface area (Å²) in [4.78, 5) is 37.5. The van der Waals surface area contributed by atoms with Gasteiger partial charge in [-0.2, -0.15) is 0 Å². The van der Waals surface area contributed by atoms with Crippen molar-refractivity contribution in [1.29, 1.82) is 0 Å². The lowest BCUT2D eigenvalue weighted by Gasteiger charge is -2.12. The summed E-state index contributed by atoms with van der Waals surface area (Å²) in [6, 6.07) is 4.82. The fourth-order valence-corrected chi connectivity index (χ4v) is 1.72. The van der Waals surface area contributed by atoms with Crippen molar-refractivity contribution in [2.45, 2.75) is 26.5 Å². The Kier molecular flexibility index (Phi) is 4.77. The lowest BCUT2D eigenvalue weighted by atomic mass is 10.2. The maximum absolute atomic E-state index is 11.9. The number of hydrogen-bond acceptors (Lipinski definition) is 5. The van der Waals surface area contributed by atoms with Crippen molar-refractivity contribution in [2.24, 2.45) is 0 Å². The van der Waals surface area contributed by atoms with Crippen LogP contribution in [-0.4, -0.2) is 28.7 Å². The molecule has 22 heavy (non-hydrogen) atoms. The Bertz CT molecular complexity index is 672. The number of ether oxygens (including phenoxy) is 1. The van der Waals surface area contributed by atoms with Gasteiger partial charge in [0.1, 0.15) is 11.5 Å². The van der Waals surface area contributed by atoms with Gasteiger partial charge in [0.25, 0.3) is 5.91 Å². The number of Topliss-reactive ketones (excluding diaryl/α,β-unsaturated/α-hetero) is 1. The van der Waals surface area contributed by atoms with Crippen LogP contribution in [0.25, 0.3) is 0 Å². The molecule has 7 nitrogen and oxygen atoms in total. The van der Waals surface area contributed by atoms with Crippen LogP contribution < -0.4 is 5.32 Å². The number of H-pyrrole nitrogens is 1. The van der Waals surface area contributed by atoms with Gasteiger partial charge in [0, 0.05) is 11.8 Å². The van der Waals surface area contributed by atoms with E-state index in [-0.39, 0.29) is 18.0 Å². The zero-order valence-electron chi connectivity index (χ0n) is 12.2. The summed E-state index contributed by atoms with van der Waals surface area (Å²) in [7, 11) is 0. The van der Waals surface area contributed by atoms with Gasteiger partial charge in [-0.15, -0.1) is 0 Å². The summed E-state index contributed by atoms with van der Waals surface area (Å²) in [6.45, 7) is 3.07. The number of rotatable bonds is 6. The van der Waals surface area contributed by atoms with Crippen LogP contribution in [0.5, 0.6) is 0 Å². The third kappa shape index (κ3) is 3.85. The minimum absolute atomic E-state index is 0.121. The maximum Gasteiger partial charge on any atom is 0.355 e. The number of esters is 1. The van der Waals surface area contributed by atoms with Crippen molar-refractivity contribution in [2.75, 3.05) is 0 Å².